The Balaban J connectivity index is 2.89. The number of carbonyl (C=O) groups excluding carboxylic acids is 1. The van der Waals surface area contributed by atoms with Gasteiger partial charge in [-0.3, -0.25) is 4.79 Å². The number of likely N-dealkylation sites (tertiary alicyclic amines) is 1. The minimum atomic E-state index is -3.82. The summed E-state index contributed by atoms with van der Waals surface area (Å²) in [6, 6.07) is -1.08. The number of carbonyl (C=O) groups is 2. The Morgan fingerprint density at radius 3 is 2.65 bits per heavy atom. The quantitative estimate of drug-likeness (QED) is 0.610. The first-order valence-corrected chi connectivity index (χ1v) is 6.53. The number of sulfonamides is 1. The lowest BCUT2D eigenvalue weighted by atomic mass is 10.2. The van der Waals surface area contributed by atoms with Gasteiger partial charge in [0, 0.05) is 13.0 Å². The van der Waals surface area contributed by atoms with Gasteiger partial charge in [0.15, 0.2) is 0 Å². The van der Waals surface area contributed by atoms with Crippen molar-refractivity contribution in [3.63, 3.8) is 0 Å². The van der Waals surface area contributed by atoms with E-state index >= 15 is 0 Å². The van der Waals surface area contributed by atoms with E-state index in [0.29, 0.717) is 0 Å². The van der Waals surface area contributed by atoms with Crippen molar-refractivity contribution in [2.75, 3.05) is 6.54 Å². The fraction of sp³-hybridized carbons (Fsp3) is 0.556. The van der Waals surface area contributed by atoms with Crippen LogP contribution in [0.25, 0.3) is 0 Å². The minimum absolute atomic E-state index is 0.0679. The molecule has 1 fully saturated rings. The maximum Gasteiger partial charge on any atom is 0.326 e. The Morgan fingerprint density at radius 1 is 1.71 bits per heavy atom. The molecule has 1 unspecified atom stereocenters. The molecule has 17 heavy (non-hydrogen) atoms. The van der Waals surface area contributed by atoms with Gasteiger partial charge in [-0.2, -0.15) is 0 Å². The van der Waals surface area contributed by atoms with Crippen LogP contribution in [0.1, 0.15) is 12.8 Å². The van der Waals surface area contributed by atoms with Crippen molar-refractivity contribution in [1.29, 1.82) is 0 Å². The first kappa shape index (κ1) is 13.7. The third-order valence-corrected chi connectivity index (χ3v) is 3.88. The average Bonchev–Trinajstić information content (AvgIpc) is 2.55. The van der Waals surface area contributed by atoms with E-state index in [1.165, 1.54) is 6.08 Å². The molecule has 3 N–H and O–H groups in total. The van der Waals surface area contributed by atoms with Crippen LogP contribution in [0.2, 0.25) is 0 Å². The highest BCUT2D eigenvalue weighted by Crippen LogP contribution is 2.20. The number of aliphatic carboxylic acids is 1. The van der Waals surface area contributed by atoms with Crippen molar-refractivity contribution in [2.24, 2.45) is 5.14 Å². The molecule has 1 amide bonds. The first-order chi connectivity index (χ1) is 7.77. The zero-order valence-electron chi connectivity index (χ0n) is 9.07. The van der Waals surface area contributed by atoms with Gasteiger partial charge in [0.05, 0.1) is 0 Å². The fourth-order valence-electron chi connectivity index (χ4n) is 1.74. The summed E-state index contributed by atoms with van der Waals surface area (Å²) in [6.07, 6.45) is 1.18. The van der Waals surface area contributed by atoms with E-state index in [9.17, 15) is 18.0 Å². The summed E-state index contributed by atoms with van der Waals surface area (Å²) in [7, 11) is -3.82. The number of nitrogens with zero attached hydrogens (tertiary/aromatic N) is 1. The van der Waals surface area contributed by atoms with Crippen LogP contribution in [0.5, 0.6) is 0 Å². The van der Waals surface area contributed by atoms with E-state index in [4.69, 9.17) is 10.2 Å². The van der Waals surface area contributed by atoms with Crippen molar-refractivity contribution in [3.05, 3.63) is 12.7 Å². The van der Waals surface area contributed by atoms with Crippen LogP contribution >= 0.6 is 0 Å². The van der Waals surface area contributed by atoms with Gasteiger partial charge >= 0.3 is 5.97 Å². The van der Waals surface area contributed by atoms with Crippen LogP contribution in [0, 0.1) is 0 Å². The van der Waals surface area contributed by atoms with Crippen LogP contribution in [0.3, 0.4) is 0 Å². The molecule has 1 saturated heterocycles. The first-order valence-electron chi connectivity index (χ1n) is 4.92. The Labute approximate surface area is 98.9 Å². The summed E-state index contributed by atoms with van der Waals surface area (Å²) in [5.74, 6) is -1.70. The Hall–Kier alpha value is -1.41. The van der Waals surface area contributed by atoms with Gasteiger partial charge in [-0.25, -0.2) is 18.4 Å². The summed E-state index contributed by atoms with van der Waals surface area (Å²) in [6.45, 7) is 3.22. The fourth-order valence-corrected chi connectivity index (χ4v) is 2.48. The maximum atomic E-state index is 11.6. The smallest absolute Gasteiger partial charge is 0.326 e. The molecule has 0 radical (unpaired) electrons. The van der Waals surface area contributed by atoms with Crippen LogP contribution in [0.15, 0.2) is 12.7 Å². The summed E-state index contributed by atoms with van der Waals surface area (Å²) < 4.78 is 22.2. The second kappa shape index (κ2) is 4.84. The molecule has 0 aromatic rings. The zero-order valence-corrected chi connectivity index (χ0v) is 9.89. The van der Waals surface area contributed by atoms with Gasteiger partial charge in [-0.1, -0.05) is 6.08 Å². The van der Waals surface area contributed by atoms with Crippen molar-refractivity contribution >= 4 is 21.9 Å². The molecule has 0 bridgehead atoms. The molecule has 1 aliphatic heterocycles. The molecule has 0 spiro atoms. The monoisotopic (exact) mass is 262 g/mol. The molecule has 96 valence electrons. The van der Waals surface area contributed by atoms with Crippen LogP contribution in [0.4, 0.5) is 0 Å². The lowest BCUT2D eigenvalue weighted by Crippen LogP contribution is -2.43. The van der Waals surface area contributed by atoms with E-state index in [1.807, 2.05) is 0 Å². The van der Waals surface area contributed by atoms with Crippen molar-refractivity contribution < 1.29 is 23.1 Å². The minimum Gasteiger partial charge on any atom is -0.480 e. The van der Waals surface area contributed by atoms with E-state index in [1.54, 1.807) is 0 Å². The molecule has 1 aliphatic rings. The number of hydrogen-bond donors (Lipinski definition) is 2. The third-order valence-electron chi connectivity index (χ3n) is 2.64. The molecule has 0 aromatic carbocycles. The number of amides is 1. The number of carboxylic acids is 1. The molecule has 0 saturated carbocycles. The normalized spacial score (nSPS) is 22.5. The van der Waals surface area contributed by atoms with Gasteiger partial charge in [-0.05, 0) is 6.42 Å². The Kier molecular flexibility index (Phi) is 3.89. The van der Waals surface area contributed by atoms with E-state index in [-0.39, 0.29) is 19.4 Å². The number of carboxylic acid groups (broad SMARTS) is 1. The highest BCUT2D eigenvalue weighted by atomic mass is 32.2. The standard InChI is InChI=1S/C9H14N2O5S/c1-2-3-7(9(13)14)11-5-6(4-8(11)12)17(10,15)16/h2,6-7H,1,3-5H2,(H,13,14)(H2,10,15,16)/t6?,7-/m0/s1. The van der Waals surface area contributed by atoms with Gasteiger partial charge in [0.1, 0.15) is 11.3 Å². The van der Waals surface area contributed by atoms with Crippen molar-refractivity contribution in [3.8, 4) is 0 Å². The summed E-state index contributed by atoms with van der Waals surface area (Å²) in [4.78, 5) is 23.5. The van der Waals surface area contributed by atoms with Gasteiger partial charge in [0.2, 0.25) is 15.9 Å². The van der Waals surface area contributed by atoms with Gasteiger partial charge in [-0.15, -0.1) is 6.58 Å². The summed E-state index contributed by atoms with van der Waals surface area (Å²) in [5, 5.41) is 12.9. The predicted molar refractivity (Wildman–Crippen MR) is 59.5 cm³/mol. The highest BCUT2D eigenvalue weighted by molar-refractivity contribution is 7.89. The van der Waals surface area contributed by atoms with Crippen LogP contribution in [-0.4, -0.2) is 48.1 Å². The largest absolute Gasteiger partial charge is 0.480 e. The molecule has 1 heterocycles. The van der Waals surface area contributed by atoms with Crippen molar-refractivity contribution in [2.45, 2.75) is 24.1 Å². The van der Waals surface area contributed by atoms with Gasteiger partial charge in [0.25, 0.3) is 0 Å². The lowest BCUT2D eigenvalue weighted by molar-refractivity contribution is -0.148. The molecule has 7 nitrogen and oxygen atoms in total. The molecular weight excluding hydrogens is 248 g/mol. The number of nitrogens with two attached hydrogens (primary N) is 1. The van der Waals surface area contributed by atoms with E-state index < -0.39 is 33.2 Å². The van der Waals surface area contributed by atoms with E-state index in [0.717, 1.165) is 4.90 Å². The molecule has 0 aromatic heterocycles. The molecule has 0 aliphatic carbocycles. The summed E-state index contributed by atoms with van der Waals surface area (Å²) >= 11 is 0. The number of hydrogen-bond acceptors (Lipinski definition) is 4. The molecule has 8 heteroatoms. The van der Waals surface area contributed by atoms with Crippen LogP contribution < -0.4 is 5.14 Å². The average molecular weight is 262 g/mol. The Bertz CT molecular complexity index is 444. The predicted octanol–water partition coefficient (Wildman–Crippen LogP) is -1.09. The number of primary sulfonamides is 1. The van der Waals surface area contributed by atoms with Crippen LogP contribution in [-0.2, 0) is 19.6 Å². The SMILES string of the molecule is C=CC[C@@H](C(=O)O)N1CC(S(N)(=O)=O)CC1=O. The molecular formula is C9H14N2O5S. The lowest BCUT2D eigenvalue weighted by Gasteiger charge is -2.23. The second-order valence-corrected chi connectivity index (χ2v) is 5.68. The number of rotatable bonds is 5. The second-order valence-electron chi connectivity index (χ2n) is 3.84. The third kappa shape index (κ3) is 3.04. The maximum absolute atomic E-state index is 11.6. The zero-order chi connectivity index (χ0) is 13.2. The topological polar surface area (TPSA) is 118 Å². The molecule has 2 atom stereocenters. The Morgan fingerprint density at radius 2 is 2.29 bits per heavy atom. The summed E-state index contributed by atoms with van der Waals surface area (Å²) in [5.41, 5.74) is 0. The van der Waals surface area contributed by atoms with Crippen molar-refractivity contribution in [1.82, 2.24) is 4.90 Å². The van der Waals surface area contributed by atoms with E-state index in [2.05, 4.69) is 6.58 Å². The highest BCUT2D eigenvalue weighted by Gasteiger charge is 2.41. The van der Waals surface area contributed by atoms with Gasteiger partial charge < -0.3 is 10.0 Å². The molecule has 1 rings (SSSR count).